The van der Waals surface area contributed by atoms with Crippen LogP contribution in [0.15, 0.2) is 35.4 Å². The first-order valence-electron chi connectivity index (χ1n) is 7.23. The molecule has 1 aliphatic heterocycles. The molecule has 1 aromatic carbocycles. The Morgan fingerprint density at radius 2 is 1.88 bits per heavy atom. The second-order valence-electron chi connectivity index (χ2n) is 5.52. The Morgan fingerprint density at radius 3 is 2.60 bits per heavy atom. The minimum absolute atomic E-state index is 0.0197. The van der Waals surface area contributed by atoms with Crippen LogP contribution in [-0.4, -0.2) is 36.6 Å². The summed E-state index contributed by atoms with van der Waals surface area (Å²) < 4.78 is 2.54. The number of nitrogens with zero attached hydrogens (tertiary/aromatic N) is 5. The number of hydrogen-bond acceptors (Lipinski definition) is 7. The van der Waals surface area contributed by atoms with Gasteiger partial charge in [-0.05, 0) is 35.0 Å². The summed E-state index contributed by atoms with van der Waals surface area (Å²) in [5.74, 6) is -1.39. The number of amides is 2. The van der Waals surface area contributed by atoms with E-state index in [0.29, 0.717) is 11.4 Å². The van der Waals surface area contributed by atoms with Crippen LogP contribution in [-0.2, 0) is 0 Å². The van der Waals surface area contributed by atoms with Crippen molar-refractivity contribution < 1.29 is 9.59 Å². The number of rotatable bonds is 2. The van der Waals surface area contributed by atoms with Crippen LogP contribution in [0.1, 0.15) is 26.3 Å². The van der Waals surface area contributed by atoms with E-state index in [4.69, 9.17) is 5.73 Å². The smallest absolute Gasteiger partial charge is 0.262 e. The van der Waals surface area contributed by atoms with E-state index < -0.39 is 17.4 Å². The van der Waals surface area contributed by atoms with Gasteiger partial charge in [0.05, 0.1) is 22.5 Å². The minimum Gasteiger partial charge on any atom is -0.384 e. The molecule has 0 fully saturated rings. The molecule has 0 atom stereocenters. The number of nitrogen functional groups attached to an aromatic ring is 1. The van der Waals surface area contributed by atoms with Gasteiger partial charge in [-0.15, -0.1) is 5.10 Å². The lowest BCUT2D eigenvalue weighted by Gasteiger charge is -2.15. The molecule has 25 heavy (non-hydrogen) atoms. The molecule has 124 valence electrons. The summed E-state index contributed by atoms with van der Waals surface area (Å²) in [6.07, 6.45) is 1.37. The van der Waals surface area contributed by atoms with Gasteiger partial charge < -0.3 is 5.73 Å². The normalized spacial score (nSPS) is 13.0. The molecule has 2 amide bonds. The lowest BCUT2D eigenvalue weighted by molar-refractivity contribution is 0.0880. The van der Waals surface area contributed by atoms with Crippen LogP contribution < -0.4 is 16.6 Å². The molecule has 0 radical (unpaired) electrons. The molecule has 0 bridgehead atoms. The topological polar surface area (TPSA) is 138 Å². The summed E-state index contributed by atoms with van der Waals surface area (Å²) in [5.41, 5.74) is 7.24. The molecule has 0 aliphatic carbocycles. The Bertz CT molecular complexity index is 1100. The number of carbonyl (C=O) groups excluding carboxylic acids is 2. The summed E-state index contributed by atoms with van der Waals surface area (Å²) in [6, 6.07) is 6.37. The SMILES string of the molecule is Cc1ccc(-n2cnnn2)c(-n2c(N)c3c(cc2=O)C(=O)NC3=O)c1. The lowest BCUT2D eigenvalue weighted by Crippen LogP contribution is -2.25. The van der Waals surface area contributed by atoms with Crippen LogP contribution in [0.2, 0.25) is 0 Å². The van der Waals surface area contributed by atoms with Crippen molar-refractivity contribution in [2.75, 3.05) is 5.73 Å². The fourth-order valence-corrected chi connectivity index (χ4v) is 2.81. The highest BCUT2D eigenvalue weighted by atomic mass is 16.2. The van der Waals surface area contributed by atoms with Gasteiger partial charge in [-0.1, -0.05) is 6.07 Å². The third-order valence-electron chi connectivity index (χ3n) is 3.92. The monoisotopic (exact) mass is 337 g/mol. The van der Waals surface area contributed by atoms with Crippen LogP contribution in [0.25, 0.3) is 11.4 Å². The molecule has 0 spiro atoms. The largest absolute Gasteiger partial charge is 0.384 e. The molecular weight excluding hydrogens is 326 g/mol. The molecule has 3 aromatic rings. The number of carbonyl (C=O) groups is 2. The molecule has 4 rings (SSSR count). The van der Waals surface area contributed by atoms with Crippen LogP contribution in [0, 0.1) is 6.92 Å². The van der Waals surface area contributed by atoms with Crippen molar-refractivity contribution in [2.45, 2.75) is 6.92 Å². The Labute approximate surface area is 139 Å². The van der Waals surface area contributed by atoms with E-state index in [2.05, 4.69) is 20.8 Å². The van der Waals surface area contributed by atoms with E-state index in [0.717, 1.165) is 11.6 Å². The number of fused-ring (bicyclic) bond motifs is 1. The number of tetrazole rings is 1. The predicted octanol–water partition coefficient (Wildman–Crippen LogP) is -0.413. The number of anilines is 1. The molecule has 2 aromatic heterocycles. The van der Waals surface area contributed by atoms with Crippen molar-refractivity contribution in [1.82, 2.24) is 30.1 Å². The second kappa shape index (κ2) is 5.09. The van der Waals surface area contributed by atoms with E-state index in [9.17, 15) is 14.4 Å². The van der Waals surface area contributed by atoms with Gasteiger partial charge >= 0.3 is 0 Å². The zero-order chi connectivity index (χ0) is 17.7. The van der Waals surface area contributed by atoms with Gasteiger partial charge in [0.25, 0.3) is 17.4 Å². The fraction of sp³-hybridized carbons (Fsp3) is 0.0667. The number of aryl methyl sites for hydroxylation is 1. The quantitative estimate of drug-likeness (QED) is 0.606. The number of nitrogens with one attached hydrogen (secondary N) is 1. The van der Waals surface area contributed by atoms with E-state index >= 15 is 0 Å². The highest BCUT2D eigenvalue weighted by Gasteiger charge is 2.32. The number of aromatic nitrogens is 5. The number of nitrogens with two attached hydrogens (primary N) is 1. The maximum absolute atomic E-state index is 12.6. The first kappa shape index (κ1) is 14.8. The van der Waals surface area contributed by atoms with Gasteiger partial charge in [-0.3, -0.25) is 24.3 Å². The van der Waals surface area contributed by atoms with Crippen molar-refractivity contribution in [1.29, 1.82) is 0 Å². The summed E-state index contributed by atoms with van der Waals surface area (Å²) in [5, 5.41) is 13.1. The lowest BCUT2D eigenvalue weighted by atomic mass is 10.1. The molecule has 3 heterocycles. The summed E-state index contributed by atoms with van der Waals surface area (Å²) in [4.78, 5) is 36.4. The minimum atomic E-state index is -0.638. The number of imide groups is 1. The maximum atomic E-state index is 12.6. The van der Waals surface area contributed by atoms with Gasteiger partial charge in [0.15, 0.2) is 0 Å². The van der Waals surface area contributed by atoms with Crippen LogP contribution >= 0.6 is 0 Å². The first-order valence-corrected chi connectivity index (χ1v) is 7.23. The Hall–Kier alpha value is -3.82. The standard InChI is InChI=1S/C15H11N7O3/c1-7-2-3-9(21-6-17-19-20-21)10(4-7)22-11(23)5-8-12(13(22)16)15(25)18-14(8)24/h2-6H,16H2,1H3,(H,18,24,25). The maximum Gasteiger partial charge on any atom is 0.262 e. The van der Waals surface area contributed by atoms with E-state index in [1.54, 1.807) is 12.1 Å². The molecule has 0 saturated carbocycles. The Kier molecular flexibility index (Phi) is 3.01. The molecule has 10 nitrogen and oxygen atoms in total. The Morgan fingerprint density at radius 1 is 1.08 bits per heavy atom. The van der Waals surface area contributed by atoms with Crippen LogP contribution in [0.5, 0.6) is 0 Å². The van der Waals surface area contributed by atoms with Crippen molar-refractivity contribution in [3.8, 4) is 11.4 Å². The molecule has 0 saturated heterocycles. The number of hydrogen-bond donors (Lipinski definition) is 2. The molecule has 0 unspecified atom stereocenters. The van der Waals surface area contributed by atoms with E-state index in [1.165, 1.54) is 15.6 Å². The van der Waals surface area contributed by atoms with Gasteiger partial charge in [-0.2, -0.15) is 4.68 Å². The summed E-state index contributed by atoms with van der Waals surface area (Å²) in [7, 11) is 0. The van der Waals surface area contributed by atoms with Gasteiger partial charge in [0.1, 0.15) is 12.1 Å². The average Bonchev–Trinajstić information content (AvgIpc) is 3.16. The Balaban J connectivity index is 2.06. The third-order valence-corrected chi connectivity index (χ3v) is 3.92. The number of benzene rings is 1. The van der Waals surface area contributed by atoms with Crippen molar-refractivity contribution in [3.63, 3.8) is 0 Å². The first-order chi connectivity index (χ1) is 12.0. The zero-order valence-electron chi connectivity index (χ0n) is 12.9. The van der Waals surface area contributed by atoms with E-state index in [1.807, 2.05) is 13.0 Å². The van der Waals surface area contributed by atoms with Crippen LogP contribution in [0.4, 0.5) is 5.82 Å². The predicted molar refractivity (Wildman–Crippen MR) is 85.7 cm³/mol. The van der Waals surface area contributed by atoms with Crippen molar-refractivity contribution in [3.05, 3.63) is 57.6 Å². The highest BCUT2D eigenvalue weighted by molar-refractivity contribution is 6.23. The van der Waals surface area contributed by atoms with Crippen molar-refractivity contribution in [2.24, 2.45) is 0 Å². The third kappa shape index (κ3) is 2.11. The fourth-order valence-electron chi connectivity index (χ4n) is 2.81. The molecule has 10 heteroatoms. The zero-order valence-corrected chi connectivity index (χ0v) is 12.9. The summed E-state index contributed by atoms with van der Waals surface area (Å²) >= 11 is 0. The van der Waals surface area contributed by atoms with Crippen molar-refractivity contribution >= 4 is 17.6 Å². The highest BCUT2D eigenvalue weighted by Crippen LogP contribution is 2.26. The molecule has 3 N–H and O–H groups in total. The molecule has 1 aliphatic rings. The van der Waals surface area contributed by atoms with Gasteiger partial charge in [-0.25, -0.2) is 0 Å². The van der Waals surface area contributed by atoms with Crippen LogP contribution in [0.3, 0.4) is 0 Å². The number of pyridine rings is 1. The molecular formula is C15H11N7O3. The summed E-state index contributed by atoms with van der Waals surface area (Å²) in [6.45, 7) is 1.84. The van der Waals surface area contributed by atoms with Gasteiger partial charge in [0.2, 0.25) is 0 Å². The van der Waals surface area contributed by atoms with Gasteiger partial charge in [0, 0.05) is 6.07 Å². The van der Waals surface area contributed by atoms with E-state index in [-0.39, 0.29) is 16.9 Å². The second-order valence-corrected chi connectivity index (χ2v) is 5.52. The average molecular weight is 337 g/mol.